The van der Waals surface area contributed by atoms with Crippen LogP contribution in [0.1, 0.15) is 30.3 Å². The van der Waals surface area contributed by atoms with Gasteiger partial charge in [-0.25, -0.2) is 0 Å². The van der Waals surface area contributed by atoms with Crippen molar-refractivity contribution in [3.63, 3.8) is 0 Å². The molecule has 5 nitrogen and oxygen atoms in total. The fraction of sp³-hybridized carbons (Fsp3) is 0.462. The number of likely N-dealkylation sites (tertiary alicyclic amines) is 1. The molecule has 0 unspecified atom stereocenters. The van der Waals surface area contributed by atoms with Gasteiger partial charge in [0.1, 0.15) is 0 Å². The van der Waals surface area contributed by atoms with E-state index < -0.39 is 17.1 Å². The average Bonchev–Trinajstić information content (AvgIpc) is 2.91. The normalized spacial score (nSPS) is 23.4. The average molecular weight is 246 g/mol. The van der Waals surface area contributed by atoms with Crippen LogP contribution in [0.5, 0.6) is 0 Å². The number of hydrogen-bond donors (Lipinski definition) is 0. The number of nitrogens with zero attached hydrogens (tertiary/aromatic N) is 2. The van der Waals surface area contributed by atoms with Gasteiger partial charge in [-0.15, -0.1) is 0 Å². The second kappa shape index (κ2) is 4.65. The van der Waals surface area contributed by atoms with Crippen LogP contribution in [0.2, 0.25) is 0 Å². The summed E-state index contributed by atoms with van der Waals surface area (Å²) in [4.78, 5) is 25.3. The molecule has 1 aromatic rings. The molecule has 5 heteroatoms. The summed E-state index contributed by atoms with van der Waals surface area (Å²) in [6, 6.07) is 5.24. The molecule has 1 saturated heterocycles. The number of Topliss-reactive ketones (excluding diaryl/α,β-unsaturated/α-hetero) is 1. The zero-order chi connectivity index (χ0) is 13.2. The Labute approximate surface area is 105 Å². The summed E-state index contributed by atoms with van der Waals surface area (Å²) < 4.78 is 4.92. The molecule has 0 saturated carbocycles. The summed E-state index contributed by atoms with van der Waals surface area (Å²) in [5, 5.41) is 9.08. The van der Waals surface area contributed by atoms with E-state index in [-0.39, 0.29) is 5.76 Å². The molecule has 18 heavy (non-hydrogen) atoms. The fourth-order valence-electron chi connectivity index (χ4n) is 2.16. The zero-order valence-corrected chi connectivity index (χ0v) is 10.2. The Morgan fingerprint density at radius 1 is 1.56 bits per heavy atom. The Morgan fingerprint density at radius 2 is 2.33 bits per heavy atom. The number of piperidine rings is 1. The van der Waals surface area contributed by atoms with E-state index in [1.807, 2.05) is 6.92 Å². The van der Waals surface area contributed by atoms with Crippen LogP contribution in [0.15, 0.2) is 22.8 Å². The molecule has 2 heterocycles. The second-order valence-corrected chi connectivity index (χ2v) is 4.81. The number of rotatable bonds is 2. The monoisotopic (exact) mass is 246 g/mol. The number of carbonyl (C=O) groups is 2. The lowest BCUT2D eigenvalue weighted by atomic mass is 9.83. The van der Waals surface area contributed by atoms with E-state index >= 15 is 0 Å². The summed E-state index contributed by atoms with van der Waals surface area (Å²) >= 11 is 0. The van der Waals surface area contributed by atoms with E-state index in [1.165, 1.54) is 17.2 Å². The number of carbonyl (C=O) groups excluding carboxylic acids is 2. The smallest absolute Gasteiger partial charge is 0.298 e. The molecule has 1 amide bonds. The Hall–Kier alpha value is -2.09. The third kappa shape index (κ3) is 2.28. The maximum absolute atomic E-state index is 12.0. The first-order valence-electron chi connectivity index (χ1n) is 5.84. The van der Waals surface area contributed by atoms with Gasteiger partial charge in [-0.1, -0.05) is 0 Å². The Bertz CT molecular complexity index is 501. The molecule has 94 valence electrons. The largest absolute Gasteiger partial charge is 0.461 e. The van der Waals surface area contributed by atoms with E-state index in [9.17, 15) is 9.59 Å². The molecule has 0 N–H and O–H groups in total. The van der Waals surface area contributed by atoms with Crippen molar-refractivity contribution in [2.45, 2.75) is 19.8 Å². The first-order valence-corrected chi connectivity index (χ1v) is 5.84. The minimum Gasteiger partial charge on any atom is -0.461 e. The van der Waals surface area contributed by atoms with Gasteiger partial charge in [0.05, 0.1) is 17.7 Å². The first-order chi connectivity index (χ1) is 8.56. The van der Waals surface area contributed by atoms with Crippen molar-refractivity contribution in [2.24, 2.45) is 5.41 Å². The van der Waals surface area contributed by atoms with Crippen molar-refractivity contribution in [2.75, 3.05) is 13.1 Å². The minimum absolute atomic E-state index is 0.0456. The van der Waals surface area contributed by atoms with Crippen LogP contribution in [0.4, 0.5) is 0 Å². The maximum Gasteiger partial charge on any atom is 0.298 e. The molecule has 0 bridgehead atoms. The van der Waals surface area contributed by atoms with Crippen LogP contribution in [0.25, 0.3) is 0 Å². The molecule has 1 atom stereocenters. The first kappa shape index (κ1) is 12.4. The highest BCUT2D eigenvalue weighted by Crippen LogP contribution is 2.28. The molecule has 1 fully saturated rings. The van der Waals surface area contributed by atoms with Crippen LogP contribution in [0.3, 0.4) is 0 Å². The third-order valence-electron chi connectivity index (χ3n) is 3.19. The summed E-state index contributed by atoms with van der Waals surface area (Å²) in [6.07, 6.45) is 2.85. The molecule has 0 aliphatic carbocycles. The molecule has 0 radical (unpaired) electrons. The van der Waals surface area contributed by atoms with Gasteiger partial charge in [0.2, 0.25) is 0 Å². The Balaban J connectivity index is 2.10. The number of hydrogen-bond acceptors (Lipinski definition) is 4. The van der Waals surface area contributed by atoms with Crippen molar-refractivity contribution in [3.05, 3.63) is 24.2 Å². The molecular formula is C13H14N2O3. The van der Waals surface area contributed by atoms with E-state index in [2.05, 4.69) is 6.07 Å². The zero-order valence-electron chi connectivity index (χ0n) is 10.2. The van der Waals surface area contributed by atoms with Gasteiger partial charge in [-0.2, -0.15) is 5.26 Å². The van der Waals surface area contributed by atoms with E-state index in [1.54, 1.807) is 6.07 Å². The van der Waals surface area contributed by atoms with Crippen LogP contribution < -0.4 is 0 Å². The highest BCUT2D eigenvalue weighted by atomic mass is 16.3. The summed E-state index contributed by atoms with van der Waals surface area (Å²) in [7, 11) is 0. The third-order valence-corrected chi connectivity index (χ3v) is 3.19. The quantitative estimate of drug-likeness (QED) is 0.587. The topological polar surface area (TPSA) is 74.3 Å². The van der Waals surface area contributed by atoms with Crippen molar-refractivity contribution in [1.82, 2.24) is 4.90 Å². The lowest BCUT2D eigenvalue weighted by Gasteiger charge is -2.35. The van der Waals surface area contributed by atoms with Gasteiger partial charge in [0, 0.05) is 13.1 Å². The van der Waals surface area contributed by atoms with Gasteiger partial charge in [0.15, 0.2) is 5.76 Å². The lowest BCUT2D eigenvalue weighted by molar-refractivity contribution is -0.128. The molecule has 1 aliphatic heterocycles. The molecular weight excluding hydrogens is 232 g/mol. The van der Waals surface area contributed by atoms with Crippen LogP contribution in [-0.2, 0) is 4.79 Å². The molecule has 1 aromatic heterocycles. The van der Waals surface area contributed by atoms with Gasteiger partial charge < -0.3 is 9.32 Å². The molecule has 0 aromatic carbocycles. The fourth-order valence-corrected chi connectivity index (χ4v) is 2.16. The highest BCUT2D eigenvalue weighted by Gasteiger charge is 2.35. The summed E-state index contributed by atoms with van der Waals surface area (Å²) in [6.45, 7) is 2.63. The van der Waals surface area contributed by atoms with Crippen molar-refractivity contribution >= 4 is 11.7 Å². The predicted molar refractivity (Wildman–Crippen MR) is 62.6 cm³/mol. The van der Waals surface area contributed by atoms with Crippen molar-refractivity contribution in [3.8, 4) is 6.07 Å². The standard InChI is InChI=1S/C13H14N2O3/c1-13(8-14)5-3-6-15(9-13)12(17)11(16)10-4-2-7-18-10/h2,4,7H,3,5-6,9H2,1H3/t13-/m0/s1. The molecule has 1 aliphatic rings. The SMILES string of the molecule is C[C@@]1(C#N)CCCN(C(=O)C(=O)c2ccco2)C1. The van der Waals surface area contributed by atoms with Gasteiger partial charge >= 0.3 is 0 Å². The van der Waals surface area contributed by atoms with E-state index in [4.69, 9.17) is 9.68 Å². The number of nitriles is 1. The van der Waals surface area contributed by atoms with Crippen molar-refractivity contribution in [1.29, 1.82) is 5.26 Å². The lowest BCUT2D eigenvalue weighted by Crippen LogP contribution is -2.46. The van der Waals surface area contributed by atoms with Crippen LogP contribution in [0, 0.1) is 16.7 Å². The van der Waals surface area contributed by atoms with E-state index in [0.717, 1.165) is 12.8 Å². The van der Waals surface area contributed by atoms with Gasteiger partial charge in [-0.3, -0.25) is 9.59 Å². The predicted octanol–water partition coefficient (Wildman–Crippen LogP) is 1.61. The number of ketones is 1. The molecule has 0 spiro atoms. The summed E-state index contributed by atoms with van der Waals surface area (Å²) in [5.41, 5.74) is -0.558. The van der Waals surface area contributed by atoms with Gasteiger partial charge in [0.25, 0.3) is 11.7 Å². The van der Waals surface area contributed by atoms with E-state index in [0.29, 0.717) is 13.1 Å². The highest BCUT2D eigenvalue weighted by molar-refractivity contribution is 6.41. The maximum atomic E-state index is 12.0. The Kier molecular flexibility index (Phi) is 3.19. The Morgan fingerprint density at radius 3 is 2.94 bits per heavy atom. The van der Waals surface area contributed by atoms with Gasteiger partial charge in [-0.05, 0) is 31.9 Å². The molecule has 2 rings (SSSR count). The van der Waals surface area contributed by atoms with Crippen molar-refractivity contribution < 1.29 is 14.0 Å². The minimum atomic E-state index is -0.651. The number of furan rings is 1. The van der Waals surface area contributed by atoms with Crippen LogP contribution in [-0.4, -0.2) is 29.7 Å². The number of amides is 1. The second-order valence-electron chi connectivity index (χ2n) is 4.81. The summed E-state index contributed by atoms with van der Waals surface area (Å²) in [5.74, 6) is -1.20. The van der Waals surface area contributed by atoms with Crippen LogP contribution >= 0.6 is 0 Å².